The van der Waals surface area contributed by atoms with E-state index in [4.69, 9.17) is 0 Å². The average molecular weight is 322 g/mol. The van der Waals surface area contributed by atoms with Crippen molar-refractivity contribution >= 4 is 0 Å². The maximum absolute atomic E-state index is 3.94. The number of nitrogens with one attached hydrogen (secondary N) is 1. The maximum atomic E-state index is 3.94. The van der Waals surface area contributed by atoms with Gasteiger partial charge in [-0.2, -0.15) is 0 Å². The van der Waals surface area contributed by atoms with Gasteiger partial charge in [-0.3, -0.25) is 0 Å². The monoisotopic (exact) mass is 321 g/mol. The first-order chi connectivity index (χ1) is 11.7. The third-order valence-electron chi connectivity index (χ3n) is 5.95. The summed E-state index contributed by atoms with van der Waals surface area (Å²) in [5, 5.41) is 3.34. The molecule has 0 saturated heterocycles. The predicted molar refractivity (Wildman–Crippen MR) is 105 cm³/mol. The Labute approximate surface area is 147 Å². The van der Waals surface area contributed by atoms with E-state index in [-0.39, 0.29) is 0 Å². The SMILES string of the molecule is C=C/C=C(CC1=CCC2CC3CC3C2=C1)\C(CCC=C)=C(/C)NC. The van der Waals surface area contributed by atoms with Gasteiger partial charge in [0.05, 0.1) is 0 Å². The van der Waals surface area contributed by atoms with Crippen LogP contribution in [0.4, 0.5) is 0 Å². The summed E-state index contributed by atoms with van der Waals surface area (Å²) in [5.74, 6) is 2.81. The summed E-state index contributed by atoms with van der Waals surface area (Å²) < 4.78 is 0. The topological polar surface area (TPSA) is 12.0 Å². The minimum Gasteiger partial charge on any atom is -0.391 e. The molecule has 3 aliphatic carbocycles. The molecule has 0 aliphatic heterocycles. The first-order valence-electron chi connectivity index (χ1n) is 9.38. The van der Waals surface area contributed by atoms with E-state index < -0.39 is 0 Å². The average Bonchev–Trinajstić information content (AvgIpc) is 3.27. The van der Waals surface area contributed by atoms with E-state index in [2.05, 4.69) is 43.6 Å². The number of hydrogen-bond acceptors (Lipinski definition) is 1. The number of fused-ring (bicyclic) bond motifs is 3. The summed E-state index contributed by atoms with van der Waals surface area (Å²) in [6, 6.07) is 0. The Balaban J connectivity index is 1.80. The fraction of sp³-hybridized carbons (Fsp3) is 0.478. The third kappa shape index (κ3) is 3.50. The van der Waals surface area contributed by atoms with Gasteiger partial charge in [-0.25, -0.2) is 0 Å². The fourth-order valence-corrected chi connectivity index (χ4v) is 4.48. The van der Waals surface area contributed by atoms with Crippen molar-refractivity contribution in [2.45, 2.75) is 45.4 Å². The van der Waals surface area contributed by atoms with Gasteiger partial charge < -0.3 is 5.32 Å². The van der Waals surface area contributed by atoms with E-state index in [9.17, 15) is 0 Å². The largest absolute Gasteiger partial charge is 0.391 e. The lowest BCUT2D eigenvalue weighted by atomic mass is 9.84. The van der Waals surface area contributed by atoms with Crippen LogP contribution in [-0.2, 0) is 0 Å². The summed E-state index contributed by atoms with van der Waals surface area (Å²) in [5.41, 5.74) is 7.33. The zero-order valence-electron chi connectivity index (χ0n) is 15.3. The summed E-state index contributed by atoms with van der Waals surface area (Å²) in [7, 11) is 2.01. The van der Waals surface area contributed by atoms with Crippen LogP contribution >= 0.6 is 0 Å². The highest BCUT2D eigenvalue weighted by Crippen LogP contribution is 2.60. The molecule has 1 nitrogen and oxygen atoms in total. The van der Waals surface area contributed by atoms with Crippen LogP contribution in [0.5, 0.6) is 0 Å². The predicted octanol–water partition coefficient (Wildman–Crippen LogP) is 5.86. The van der Waals surface area contributed by atoms with Gasteiger partial charge >= 0.3 is 0 Å². The van der Waals surface area contributed by atoms with Crippen LogP contribution in [0.25, 0.3) is 0 Å². The number of rotatable bonds is 8. The van der Waals surface area contributed by atoms with E-state index in [0.717, 1.165) is 37.0 Å². The Kier molecular flexibility index (Phi) is 5.28. The van der Waals surface area contributed by atoms with E-state index in [1.54, 1.807) is 5.57 Å². The first-order valence-corrected chi connectivity index (χ1v) is 9.38. The molecule has 24 heavy (non-hydrogen) atoms. The molecule has 0 heterocycles. The zero-order valence-corrected chi connectivity index (χ0v) is 15.3. The summed E-state index contributed by atoms with van der Waals surface area (Å²) in [4.78, 5) is 0. The van der Waals surface area contributed by atoms with Crippen molar-refractivity contribution < 1.29 is 0 Å². The fourth-order valence-electron chi connectivity index (χ4n) is 4.48. The van der Waals surface area contributed by atoms with Crippen molar-refractivity contribution in [2.75, 3.05) is 7.05 Å². The van der Waals surface area contributed by atoms with Crippen molar-refractivity contribution in [1.29, 1.82) is 0 Å². The molecule has 2 saturated carbocycles. The van der Waals surface area contributed by atoms with E-state index in [1.165, 1.54) is 41.7 Å². The summed E-state index contributed by atoms with van der Waals surface area (Å²) in [6.07, 6.45) is 18.4. The molecule has 3 rings (SSSR count). The Morgan fingerprint density at radius 1 is 1.33 bits per heavy atom. The van der Waals surface area contributed by atoms with Gasteiger partial charge in [-0.1, -0.05) is 42.5 Å². The van der Waals surface area contributed by atoms with E-state index in [0.29, 0.717) is 0 Å². The highest BCUT2D eigenvalue weighted by Gasteiger charge is 2.49. The van der Waals surface area contributed by atoms with E-state index in [1.807, 2.05) is 19.2 Å². The Morgan fingerprint density at radius 2 is 2.17 bits per heavy atom. The third-order valence-corrected chi connectivity index (χ3v) is 5.95. The standard InChI is InChI=1S/C23H31N/c1-5-7-9-21(16(3)24-4)18(8-6-2)12-17-10-11-19-14-20-15-23(20)22(19)13-17/h5-6,8,10,13,19-20,23-24H,1-2,7,9,11-12,14-15H2,3-4H3/b18-8-,21-16+. The van der Waals surface area contributed by atoms with Crippen LogP contribution in [0.3, 0.4) is 0 Å². The van der Waals surface area contributed by atoms with Gasteiger partial charge in [-0.05, 0) is 79.9 Å². The summed E-state index contributed by atoms with van der Waals surface area (Å²) >= 11 is 0. The lowest BCUT2D eigenvalue weighted by molar-refractivity contribution is 0.569. The first kappa shape index (κ1) is 17.1. The van der Waals surface area contributed by atoms with Gasteiger partial charge in [-0.15, -0.1) is 6.58 Å². The van der Waals surface area contributed by atoms with Crippen molar-refractivity contribution in [3.63, 3.8) is 0 Å². The Morgan fingerprint density at radius 3 is 2.88 bits per heavy atom. The molecule has 0 aromatic carbocycles. The lowest BCUT2D eigenvalue weighted by Gasteiger charge is -2.22. The molecule has 1 heteroatoms. The quantitative estimate of drug-likeness (QED) is 0.436. The van der Waals surface area contributed by atoms with Gasteiger partial charge in [0.15, 0.2) is 0 Å². The molecule has 2 fully saturated rings. The second-order valence-corrected chi connectivity index (χ2v) is 7.48. The second-order valence-electron chi connectivity index (χ2n) is 7.48. The molecular weight excluding hydrogens is 290 g/mol. The van der Waals surface area contributed by atoms with Crippen LogP contribution in [0, 0.1) is 17.8 Å². The molecule has 1 N–H and O–H groups in total. The van der Waals surface area contributed by atoms with Gasteiger partial charge in [0.25, 0.3) is 0 Å². The number of allylic oxidation sites excluding steroid dienone is 10. The minimum atomic E-state index is 0.860. The van der Waals surface area contributed by atoms with Crippen molar-refractivity contribution in [3.8, 4) is 0 Å². The molecule has 0 bridgehead atoms. The highest BCUT2D eigenvalue weighted by molar-refractivity contribution is 5.45. The summed E-state index contributed by atoms with van der Waals surface area (Å²) in [6.45, 7) is 9.99. The zero-order chi connectivity index (χ0) is 17.1. The molecule has 3 aliphatic rings. The van der Waals surface area contributed by atoms with Crippen molar-refractivity contribution in [1.82, 2.24) is 5.32 Å². The highest BCUT2D eigenvalue weighted by atomic mass is 14.8. The maximum Gasteiger partial charge on any atom is 0.0108 e. The molecule has 128 valence electrons. The molecule has 3 atom stereocenters. The molecule has 0 amide bonds. The molecule has 0 aromatic rings. The van der Waals surface area contributed by atoms with Crippen LogP contribution in [0.2, 0.25) is 0 Å². The van der Waals surface area contributed by atoms with Crippen LogP contribution in [0.1, 0.15) is 45.4 Å². The smallest absolute Gasteiger partial charge is 0.0108 e. The normalized spacial score (nSPS) is 28.9. The molecule has 0 spiro atoms. The van der Waals surface area contributed by atoms with Gasteiger partial charge in [0.2, 0.25) is 0 Å². The second kappa shape index (κ2) is 7.42. The Bertz CT molecular complexity index is 641. The minimum absolute atomic E-state index is 0.860. The number of hydrogen-bond donors (Lipinski definition) is 1. The molecular formula is C23H31N. The lowest BCUT2D eigenvalue weighted by Crippen LogP contribution is -2.09. The molecule has 0 radical (unpaired) electrons. The van der Waals surface area contributed by atoms with Gasteiger partial charge in [0.1, 0.15) is 0 Å². The van der Waals surface area contributed by atoms with Crippen molar-refractivity contribution in [3.05, 3.63) is 71.5 Å². The molecule has 3 unspecified atom stereocenters. The Hall–Kier alpha value is -1.76. The van der Waals surface area contributed by atoms with E-state index >= 15 is 0 Å². The van der Waals surface area contributed by atoms with Gasteiger partial charge in [0, 0.05) is 12.7 Å². The van der Waals surface area contributed by atoms with Crippen LogP contribution in [0.15, 0.2) is 71.5 Å². The van der Waals surface area contributed by atoms with Crippen LogP contribution < -0.4 is 5.32 Å². The van der Waals surface area contributed by atoms with Crippen LogP contribution in [-0.4, -0.2) is 7.05 Å². The van der Waals surface area contributed by atoms with Crippen molar-refractivity contribution in [2.24, 2.45) is 17.8 Å². The molecule has 0 aromatic heterocycles.